The lowest BCUT2D eigenvalue weighted by molar-refractivity contribution is 0.738. The van der Waals surface area contributed by atoms with Crippen LogP contribution in [0.4, 0.5) is 0 Å². The van der Waals surface area contributed by atoms with Crippen molar-refractivity contribution in [2.45, 2.75) is 11.6 Å². The van der Waals surface area contributed by atoms with Crippen LogP contribution in [-0.4, -0.2) is 20.5 Å². The first-order chi connectivity index (χ1) is 4.83. The molecule has 0 saturated heterocycles. The molecule has 0 saturated carbocycles. The van der Waals surface area contributed by atoms with Crippen molar-refractivity contribution >= 4 is 11.8 Å². The summed E-state index contributed by atoms with van der Waals surface area (Å²) in [5.41, 5.74) is 0. The maximum absolute atomic E-state index is 4.09. The molecule has 0 unspecified atom stereocenters. The first-order valence-corrected chi connectivity index (χ1v) is 4.09. The number of hydrogen-bond donors (Lipinski definition) is 0. The van der Waals surface area contributed by atoms with Crippen LogP contribution in [0.1, 0.15) is 6.42 Å². The SMILES string of the molecule is [CH2]CCSc1ncn(C)n1. The number of thioether (sulfide) groups is 1. The normalized spacial score (nSPS) is 10.2. The molecular formula is C6H10N3S. The fourth-order valence-electron chi connectivity index (χ4n) is 0.549. The molecule has 10 heavy (non-hydrogen) atoms. The van der Waals surface area contributed by atoms with Crippen molar-refractivity contribution in [1.82, 2.24) is 14.8 Å². The quantitative estimate of drug-likeness (QED) is 0.615. The third kappa shape index (κ3) is 2.02. The fraction of sp³-hybridized carbons (Fsp3) is 0.500. The second-order valence-corrected chi connectivity index (χ2v) is 2.96. The van der Waals surface area contributed by atoms with Gasteiger partial charge in [-0.2, -0.15) is 0 Å². The Morgan fingerprint density at radius 1 is 1.80 bits per heavy atom. The summed E-state index contributed by atoms with van der Waals surface area (Å²) in [6.45, 7) is 3.72. The highest BCUT2D eigenvalue weighted by atomic mass is 32.2. The van der Waals surface area contributed by atoms with E-state index < -0.39 is 0 Å². The first-order valence-electron chi connectivity index (χ1n) is 3.10. The highest BCUT2D eigenvalue weighted by Crippen LogP contribution is 2.11. The molecule has 0 aliphatic heterocycles. The van der Waals surface area contributed by atoms with E-state index in [0.717, 1.165) is 17.3 Å². The maximum Gasteiger partial charge on any atom is 0.208 e. The van der Waals surface area contributed by atoms with Gasteiger partial charge in [0.05, 0.1) is 0 Å². The largest absolute Gasteiger partial charge is 0.255 e. The third-order valence-electron chi connectivity index (χ3n) is 0.954. The summed E-state index contributed by atoms with van der Waals surface area (Å²) in [6.07, 6.45) is 2.62. The zero-order chi connectivity index (χ0) is 7.40. The van der Waals surface area contributed by atoms with Crippen LogP contribution in [0.15, 0.2) is 11.5 Å². The molecule has 1 radical (unpaired) electrons. The van der Waals surface area contributed by atoms with Gasteiger partial charge in [0.2, 0.25) is 5.16 Å². The highest BCUT2D eigenvalue weighted by molar-refractivity contribution is 7.99. The summed E-state index contributed by atoms with van der Waals surface area (Å²) < 4.78 is 1.70. The van der Waals surface area contributed by atoms with Crippen LogP contribution in [0.5, 0.6) is 0 Å². The molecule has 0 aromatic carbocycles. The minimum absolute atomic E-state index is 0.839. The standard InChI is InChI=1S/C6H10N3S/c1-3-4-10-6-7-5-9(2)8-6/h5H,1,3-4H2,2H3. The molecule has 1 heterocycles. The van der Waals surface area contributed by atoms with Gasteiger partial charge in [-0.1, -0.05) is 18.7 Å². The van der Waals surface area contributed by atoms with Crippen LogP contribution in [-0.2, 0) is 7.05 Å². The Kier molecular flexibility index (Phi) is 2.74. The predicted octanol–water partition coefficient (Wildman–Crippen LogP) is 1.13. The second-order valence-electron chi connectivity index (χ2n) is 1.90. The highest BCUT2D eigenvalue weighted by Gasteiger charge is 1.95. The lowest BCUT2D eigenvalue weighted by Gasteiger charge is -1.88. The van der Waals surface area contributed by atoms with Crippen molar-refractivity contribution in [2.75, 3.05) is 5.75 Å². The van der Waals surface area contributed by atoms with Crippen molar-refractivity contribution in [3.63, 3.8) is 0 Å². The van der Waals surface area contributed by atoms with Gasteiger partial charge >= 0.3 is 0 Å². The number of aromatic nitrogens is 3. The summed E-state index contributed by atoms with van der Waals surface area (Å²) in [4.78, 5) is 4.04. The molecule has 55 valence electrons. The van der Waals surface area contributed by atoms with Crippen molar-refractivity contribution in [1.29, 1.82) is 0 Å². The fourth-order valence-corrected chi connectivity index (χ4v) is 1.18. The van der Waals surface area contributed by atoms with E-state index in [9.17, 15) is 0 Å². The monoisotopic (exact) mass is 156 g/mol. The van der Waals surface area contributed by atoms with Crippen LogP contribution in [0.25, 0.3) is 0 Å². The zero-order valence-corrected chi connectivity index (χ0v) is 6.77. The van der Waals surface area contributed by atoms with Crippen molar-refractivity contribution < 1.29 is 0 Å². The maximum atomic E-state index is 4.09. The molecule has 0 amide bonds. The topological polar surface area (TPSA) is 30.7 Å². The second kappa shape index (κ2) is 3.61. The van der Waals surface area contributed by atoms with Gasteiger partial charge in [-0.3, -0.25) is 4.68 Å². The predicted molar refractivity (Wildman–Crippen MR) is 41.7 cm³/mol. The van der Waals surface area contributed by atoms with Gasteiger partial charge < -0.3 is 0 Å². The summed E-state index contributed by atoms with van der Waals surface area (Å²) in [5, 5.41) is 4.93. The Morgan fingerprint density at radius 3 is 3.10 bits per heavy atom. The van der Waals surface area contributed by atoms with E-state index in [1.807, 2.05) is 7.05 Å². The van der Waals surface area contributed by atoms with Crippen molar-refractivity contribution in [2.24, 2.45) is 7.05 Å². The summed E-state index contributed by atoms with van der Waals surface area (Å²) >= 11 is 1.64. The Balaban J connectivity index is 2.42. The Bertz CT molecular complexity index is 197. The molecular weight excluding hydrogens is 146 g/mol. The van der Waals surface area contributed by atoms with E-state index in [4.69, 9.17) is 0 Å². The van der Waals surface area contributed by atoms with E-state index in [1.165, 1.54) is 0 Å². The van der Waals surface area contributed by atoms with Crippen LogP contribution >= 0.6 is 11.8 Å². The molecule has 1 aromatic rings. The molecule has 0 spiro atoms. The molecule has 0 aliphatic rings. The van der Waals surface area contributed by atoms with E-state index in [-0.39, 0.29) is 0 Å². The Morgan fingerprint density at radius 2 is 2.60 bits per heavy atom. The van der Waals surface area contributed by atoms with Gasteiger partial charge in [0.1, 0.15) is 6.33 Å². The van der Waals surface area contributed by atoms with Crippen LogP contribution in [0.2, 0.25) is 0 Å². The Labute approximate surface area is 64.8 Å². The van der Waals surface area contributed by atoms with Gasteiger partial charge in [-0.15, -0.1) is 5.10 Å². The molecule has 4 heteroatoms. The summed E-state index contributed by atoms with van der Waals surface area (Å²) in [5.74, 6) is 0.990. The molecule has 0 fully saturated rings. The minimum Gasteiger partial charge on any atom is -0.255 e. The van der Waals surface area contributed by atoms with E-state index in [1.54, 1.807) is 22.8 Å². The number of aryl methyl sites for hydroxylation is 1. The molecule has 0 aliphatic carbocycles. The van der Waals surface area contributed by atoms with E-state index in [0.29, 0.717) is 0 Å². The minimum atomic E-state index is 0.839. The molecule has 1 rings (SSSR count). The lowest BCUT2D eigenvalue weighted by atomic mass is 10.6. The van der Waals surface area contributed by atoms with E-state index >= 15 is 0 Å². The van der Waals surface area contributed by atoms with Crippen LogP contribution in [0.3, 0.4) is 0 Å². The molecule has 1 aromatic heterocycles. The molecule has 0 N–H and O–H groups in total. The summed E-state index contributed by atoms with van der Waals surface area (Å²) in [6, 6.07) is 0. The van der Waals surface area contributed by atoms with Crippen molar-refractivity contribution in [3.05, 3.63) is 13.3 Å². The number of hydrogen-bond acceptors (Lipinski definition) is 3. The Hall–Kier alpha value is -0.510. The molecule has 0 atom stereocenters. The van der Waals surface area contributed by atoms with Gasteiger partial charge in [-0.25, -0.2) is 4.98 Å². The number of rotatable bonds is 3. The van der Waals surface area contributed by atoms with Gasteiger partial charge in [0.15, 0.2) is 0 Å². The summed E-state index contributed by atoms with van der Waals surface area (Å²) in [7, 11) is 1.86. The zero-order valence-electron chi connectivity index (χ0n) is 5.95. The van der Waals surface area contributed by atoms with Gasteiger partial charge in [-0.05, 0) is 6.42 Å². The molecule has 0 bridgehead atoms. The van der Waals surface area contributed by atoms with Crippen LogP contribution < -0.4 is 0 Å². The van der Waals surface area contributed by atoms with Gasteiger partial charge in [0, 0.05) is 12.8 Å². The third-order valence-corrected chi connectivity index (χ3v) is 1.89. The van der Waals surface area contributed by atoms with Crippen molar-refractivity contribution in [3.8, 4) is 0 Å². The lowest BCUT2D eigenvalue weighted by Crippen LogP contribution is -1.86. The van der Waals surface area contributed by atoms with Gasteiger partial charge in [0.25, 0.3) is 0 Å². The first kappa shape index (κ1) is 7.60. The average molecular weight is 156 g/mol. The molecule has 3 nitrogen and oxygen atoms in total. The smallest absolute Gasteiger partial charge is 0.208 e. The van der Waals surface area contributed by atoms with E-state index in [2.05, 4.69) is 17.0 Å². The number of nitrogens with zero attached hydrogens (tertiary/aromatic N) is 3. The average Bonchev–Trinajstić information content (AvgIpc) is 2.31. The van der Waals surface area contributed by atoms with Crippen LogP contribution in [0, 0.1) is 6.92 Å².